The van der Waals surface area contributed by atoms with Crippen LogP contribution < -0.4 is 10.1 Å². The van der Waals surface area contributed by atoms with E-state index in [1.54, 1.807) is 0 Å². The Morgan fingerprint density at radius 2 is 1.90 bits per heavy atom. The molecular weight excluding hydrogens is 250 g/mol. The Balaban J connectivity index is 1.86. The molecule has 4 heteroatoms. The monoisotopic (exact) mass is 275 g/mol. The molecule has 1 saturated heterocycles. The lowest BCUT2D eigenvalue weighted by Crippen LogP contribution is -2.39. The second-order valence-corrected chi connectivity index (χ2v) is 5.41. The zero-order valence-electron chi connectivity index (χ0n) is 12.7. The summed E-state index contributed by atoms with van der Waals surface area (Å²) in [6.07, 6.45) is 2.75. The maximum Gasteiger partial charge on any atom is 0.193 e. The molecule has 0 unspecified atom stereocenters. The average Bonchev–Trinajstić information content (AvgIpc) is 2.95. The molecule has 1 aromatic carbocycles. The highest BCUT2D eigenvalue weighted by Gasteiger charge is 2.15. The van der Waals surface area contributed by atoms with Crippen LogP contribution in [0.3, 0.4) is 0 Å². The van der Waals surface area contributed by atoms with E-state index in [-0.39, 0.29) is 6.10 Å². The number of likely N-dealkylation sites (tertiary alicyclic amines) is 1. The molecule has 1 heterocycles. The maximum atomic E-state index is 5.64. The van der Waals surface area contributed by atoms with Gasteiger partial charge in [0.15, 0.2) is 5.96 Å². The van der Waals surface area contributed by atoms with Gasteiger partial charge in [0.1, 0.15) is 5.75 Å². The lowest BCUT2D eigenvalue weighted by atomic mass is 10.2. The molecule has 0 atom stereocenters. The van der Waals surface area contributed by atoms with Crippen LogP contribution in [0, 0.1) is 0 Å². The molecule has 1 aliphatic heterocycles. The Morgan fingerprint density at radius 3 is 2.45 bits per heavy atom. The highest BCUT2D eigenvalue weighted by Crippen LogP contribution is 2.14. The van der Waals surface area contributed by atoms with Crippen molar-refractivity contribution in [1.29, 1.82) is 0 Å². The topological polar surface area (TPSA) is 36.9 Å². The lowest BCUT2D eigenvalue weighted by molar-refractivity contribution is 0.242. The van der Waals surface area contributed by atoms with E-state index in [0.29, 0.717) is 0 Å². The number of nitrogens with one attached hydrogen (secondary N) is 1. The third-order valence-electron chi connectivity index (χ3n) is 3.36. The molecule has 0 aromatic heterocycles. The third kappa shape index (κ3) is 4.15. The minimum atomic E-state index is 0.216. The number of rotatable bonds is 4. The number of hydrogen-bond donors (Lipinski definition) is 1. The van der Waals surface area contributed by atoms with Gasteiger partial charge in [0, 0.05) is 26.7 Å². The van der Waals surface area contributed by atoms with Crippen LogP contribution in [0.5, 0.6) is 5.75 Å². The summed E-state index contributed by atoms with van der Waals surface area (Å²) in [6.45, 7) is 7.10. The molecular formula is C16H25N3O. The molecule has 1 aromatic rings. The number of benzene rings is 1. The van der Waals surface area contributed by atoms with Crippen LogP contribution in [0.2, 0.25) is 0 Å². The van der Waals surface area contributed by atoms with Crippen molar-refractivity contribution < 1.29 is 4.74 Å². The number of guanidine groups is 1. The fraction of sp³-hybridized carbons (Fsp3) is 0.562. The molecule has 0 amide bonds. The smallest absolute Gasteiger partial charge is 0.193 e. The summed E-state index contributed by atoms with van der Waals surface area (Å²) in [5.74, 6) is 1.93. The molecule has 4 nitrogen and oxygen atoms in total. The average molecular weight is 275 g/mol. The Morgan fingerprint density at radius 1 is 1.25 bits per heavy atom. The summed E-state index contributed by atoms with van der Waals surface area (Å²) in [7, 11) is 1.85. The Bertz CT molecular complexity index is 434. The van der Waals surface area contributed by atoms with Crippen LogP contribution in [0.1, 0.15) is 32.3 Å². The number of aliphatic imine (C=N–C) groups is 1. The first-order valence-electron chi connectivity index (χ1n) is 7.40. The van der Waals surface area contributed by atoms with Gasteiger partial charge in [-0.2, -0.15) is 0 Å². The zero-order valence-corrected chi connectivity index (χ0v) is 12.7. The van der Waals surface area contributed by atoms with E-state index in [9.17, 15) is 0 Å². The summed E-state index contributed by atoms with van der Waals surface area (Å²) in [4.78, 5) is 6.66. The van der Waals surface area contributed by atoms with Crippen molar-refractivity contribution in [2.24, 2.45) is 4.99 Å². The highest BCUT2D eigenvalue weighted by atomic mass is 16.5. The second kappa shape index (κ2) is 7.17. The fourth-order valence-electron chi connectivity index (χ4n) is 2.40. The predicted octanol–water partition coefficient (Wildman–Crippen LogP) is 2.65. The van der Waals surface area contributed by atoms with Gasteiger partial charge in [0.25, 0.3) is 0 Å². The standard InChI is InChI=1S/C16H25N3O/c1-13(2)20-15-8-6-14(7-9-15)12-18-16(17-3)19-10-4-5-11-19/h6-9,13H,4-5,10-12H2,1-3H3,(H,17,18). The van der Waals surface area contributed by atoms with Gasteiger partial charge in [-0.3, -0.25) is 4.99 Å². The van der Waals surface area contributed by atoms with Crippen LogP contribution >= 0.6 is 0 Å². The second-order valence-electron chi connectivity index (χ2n) is 5.41. The Kier molecular flexibility index (Phi) is 5.27. The number of ether oxygens (including phenoxy) is 1. The first kappa shape index (κ1) is 14.7. The number of hydrogen-bond acceptors (Lipinski definition) is 2. The Labute approximate surface area is 121 Å². The molecule has 1 aliphatic rings. The quantitative estimate of drug-likeness (QED) is 0.678. The number of nitrogens with zero attached hydrogens (tertiary/aromatic N) is 2. The van der Waals surface area contributed by atoms with Crippen molar-refractivity contribution in [3.05, 3.63) is 29.8 Å². The van der Waals surface area contributed by atoms with Crippen molar-refractivity contribution in [3.63, 3.8) is 0 Å². The SMILES string of the molecule is CN=C(NCc1ccc(OC(C)C)cc1)N1CCCC1. The van der Waals surface area contributed by atoms with Gasteiger partial charge in [-0.25, -0.2) is 0 Å². The highest BCUT2D eigenvalue weighted by molar-refractivity contribution is 5.80. The van der Waals surface area contributed by atoms with Crippen LogP contribution in [-0.2, 0) is 6.54 Å². The normalized spacial score (nSPS) is 15.8. The van der Waals surface area contributed by atoms with Gasteiger partial charge in [0.05, 0.1) is 6.10 Å². The van der Waals surface area contributed by atoms with Gasteiger partial charge in [-0.05, 0) is 44.4 Å². The van der Waals surface area contributed by atoms with Gasteiger partial charge in [0.2, 0.25) is 0 Å². The van der Waals surface area contributed by atoms with E-state index >= 15 is 0 Å². The van der Waals surface area contributed by atoms with E-state index < -0.39 is 0 Å². The molecule has 0 radical (unpaired) electrons. The Hall–Kier alpha value is -1.71. The molecule has 0 bridgehead atoms. The largest absolute Gasteiger partial charge is 0.491 e. The van der Waals surface area contributed by atoms with Gasteiger partial charge in [-0.15, -0.1) is 0 Å². The van der Waals surface area contributed by atoms with E-state index in [0.717, 1.165) is 31.3 Å². The van der Waals surface area contributed by atoms with Crippen molar-refractivity contribution in [3.8, 4) is 5.75 Å². The van der Waals surface area contributed by atoms with Crippen molar-refractivity contribution in [2.75, 3.05) is 20.1 Å². The minimum Gasteiger partial charge on any atom is -0.491 e. The molecule has 1 N–H and O–H groups in total. The predicted molar refractivity (Wildman–Crippen MR) is 83.2 cm³/mol. The van der Waals surface area contributed by atoms with E-state index in [1.165, 1.54) is 18.4 Å². The molecule has 1 fully saturated rings. The summed E-state index contributed by atoms with van der Waals surface area (Å²) in [5.41, 5.74) is 1.24. The van der Waals surface area contributed by atoms with Gasteiger partial charge < -0.3 is 15.0 Å². The molecule has 2 rings (SSSR count). The lowest BCUT2D eigenvalue weighted by Gasteiger charge is -2.20. The van der Waals surface area contributed by atoms with Crippen molar-refractivity contribution in [1.82, 2.24) is 10.2 Å². The molecule has 0 saturated carbocycles. The minimum absolute atomic E-state index is 0.216. The van der Waals surface area contributed by atoms with Gasteiger partial charge in [-0.1, -0.05) is 12.1 Å². The van der Waals surface area contributed by atoms with E-state index in [2.05, 4.69) is 27.3 Å². The summed E-state index contributed by atoms with van der Waals surface area (Å²) in [6, 6.07) is 8.25. The van der Waals surface area contributed by atoms with Crippen LogP contribution in [0.4, 0.5) is 0 Å². The van der Waals surface area contributed by atoms with Crippen LogP contribution in [0.15, 0.2) is 29.3 Å². The molecule has 0 spiro atoms. The van der Waals surface area contributed by atoms with Crippen molar-refractivity contribution in [2.45, 2.75) is 39.3 Å². The van der Waals surface area contributed by atoms with Crippen molar-refractivity contribution >= 4 is 5.96 Å². The van der Waals surface area contributed by atoms with Gasteiger partial charge >= 0.3 is 0 Å². The fourth-order valence-corrected chi connectivity index (χ4v) is 2.40. The zero-order chi connectivity index (χ0) is 14.4. The first-order chi connectivity index (χ1) is 9.69. The van der Waals surface area contributed by atoms with E-state index in [1.807, 2.05) is 33.0 Å². The third-order valence-corrected chi connectivity index (χ3v) is 3.36. The maximum absolute atomic E-state index is 5.64. The van der Waals surface area contributed by atoms with Crippen LogP contribution in [0.25, 0.3) is 0 Å². The van der Waals surface area contributed by atoms with E-state index in [4.69, 9.17) is 4.74 Å². The van der Waals surface area contributed by atoms with Crippen LogP contribution in [-0.4, -0.2) is 37.1 Å². The molecule has 0 aliphatic carbocycles. The summed E-state index contributed by atoms with van der Waals surface area (Å²) < 4.78 is 5.64. The molecule has 20 heavy (non-hydrogen) atoms. The summed E-state index contributed by atoms with van der Waals surface area (Å²) in [5, 5.41) is 3.42. The molecule has 110 valence electrons. The summed E-state index contributed by atoms with van der Waals surface area (Å²) >= 11 is 0. The first-order valence-corrected chi connectivity index (χ1v) is 7.40.